The van der Waals surface area contributed by atoms with Gasteiger partial charge in [0, 0.05) is 30.5 Å². The van der Waals surface area contributed by atoms with Crippen LogP contribution in [0, 0.1) is 11.3 Å². The highest BCUT2D eigenvalue weighted by molar-refractivity contribution is 5.05. The van der Waals surface area contributed by atoms with Crippen molar-refractivity contribution in [2.24, 2.45) is 11.3 Å². The maximum Gasteiger partial charge on any atom is 0.105 e. The fourth-order valence-electron chi connectivity index (χ4n) is 2.89. The molecule has 1 aliphatic carbocycles. The van der Waals surface area contributed by atoms with Crippen molar-refractivity contribution >= 4 is 0 Å². The summed E-state index contributed by atoms with van der Waals surface area (Å²) in [5.41, 5.74) is 0.215. The third-order valence-electron chi connectivity index (χ3n) is 4.38. The molecule has 1 heterocycles. The maximum absolute atomic E-state index is 6.01. The molecule has 3 nitrogen and oxygen atoms in total. The lowest BCUT2D eigenvalue weighted by molar-refractivity contribution is -0.125. The summed E-state index contributed by atoms with van der Waals surface area (Å²) in [5.74, 6) is 1.66. The molecule has 3 atom stereocenters. The summed E-state index contributed by atoms with van der Waals surface area (Å²) in [4.78, 5) is 0. The largest absolute Gasteiger partial charge is 0.469 e. The Labute approximate surface area is 123 Å². The second-order valence-electron chi connectivity index (χ2n) is 7.18. The first kappa shape index (κ1) is 15.6. The first-order valence-corrected chi connectivity index (χ1v) is 7.79. The SMILES string of the molecule is CC(C)COC1CC(NC(C)Cc2ccco2)C1(C)C. The lowest BCUT2D eigenvalue weighted by Crippen LogP contribution is -2.62. The van der Waals surface area contributed by atoms with Crippen LogP contribution in [0.5, 0.6) is 0 Å². The van der Waals surface area contributed by atoms with Gasteiger partial charge in [0.1, 0.15) is 5.76 Å². The van der Waals surface area contributed by atoms with Crippen LogP contribution in [-0.2, 0) is 11.2 Å². The predicted octanol–water partition coefficient (Wildman–Crippen LogP) is 3.64. The van der Waals surface area contributed by atoms with Crippen molar-refractivity contribution in [3.63, 3.8) is 0 Å². The summed E-state index contributed by atoms with van der Waals surface area (Å²) in [6.07, 6.45) is 4.18. The normalized spacial score (nSPS) is 26.5. The van der Waals surface area contributed by atoms with Crippen molar-refractivity contribution in [2.75, 3.05) is 6.61 Å². The van der Waals surface area contributed by atoms with Gasteiger partial charge in [-0.15, -0.1) is 0 Å². The van der Waals surface area contributed by atoms with E-state index in [1.54, 1.807) is 6.26 Å². The Kier molecular flexibility index (Phi) is 4.92. The molecule has 114 valence electrons. The Balaban J connectivity index is 1.77. The van der Waals surface area contributed by atoms with E-state index in [-0.39, 0.29) is 5.41 Å². The molecule has 0 bridgehead atoms. The van der Waals surface area contributed by atoms with Gasteiger partial charge in [0.05, 0.1) is 12.4 Å². The van der Waals surface area contributed by atoms with Crippen LogP contribution in [0.25, 0.3) is 0 Å². The van der Waals surface area contributed by atoms with Crippen LogP contribution in [0.1, 0.15) is 46.8 Å². The average Bonchev–Trinajstić information content (AvgIpc) is 2.85. The Morgan fingerprint density at radius 1 is 1.40 bits per heavy atom. The minimum atomic E-state index is 0.215. The van der Waals surface area contributed by atoms with Gasteiger partial charge in [-0.2, -0.15) is 0 Å². The molecule has 20 heavy (non-hydrogen) atoms. The topological polar surface area (TPSA) is 34.4 Å². The van der Waals surface area contributed by atoms with E-state index in [1.807, 2.05) is 12.1 Å². The molecule has 0 saturated heterocycles. The summed E-state index contributed by atoms with van der Waals surface area (Å²) in [5, 5.41) is 3.72. The average molecular weight is 279 g/mol. The van der Waals surface area contributed by atoms with Crippen LogP contribution >= 0.6 is 0 Å². The van der Waals surface area contributed by atoms with Gasteiger partial charge in [-0.25, -0.2) is 0 Å². The molecule has 1 aromatic heterocycles. The number of nitrogens with one attached hydrogen (secondary N) is 1. The summed E-state index contributed by atoms with van der Waals surface area (Å²) in [6, 6.07) is 4.95. The first-order chi connectivity index (χ1) is 9.39. The highest BCUT2D eigenvalue weighted by atomic mass is 16.5. The lowest BCUT2D eigenvalue weighted by Gasteiger charge is -2.53. The van der Waals surface area contributed by atoms with E-state index in [0.29, 0.717) is 24.1 Å². The van der Waals surface area contributed by atoms with Crippen LogP contribution < -0.4 is 5.32 Å². The molecule has 0 amide bonds. The van der Waals surface area contributed by atoms with E-state index >= 15 is 0 Å². The number of rotatable bonds is 7. The minimum Gasteiger partial charge on any atom is -0.469 e. The molecule has 1 aromatic rings. The lowest BCUT2D eigenvalue weighted by atomic mass is 9.64. The smallest absolute Gasteiger partial charge is 0.105 e. The van der Waals surface area contributed by atoms with E-state index in [2.05, 4.69) is 39.9 Å². The highest BCUT2D eigenvalue weighted by Gasteiger charge is 2.49. The summed E-state index contributed by atoms with van der Waals surface area (Å²) < 4.78 is 11.4. The zero-order chi connectivity index (χ0) is 14.8. The van der Waals surface area contributed by atoms with Crippen molar-refractivity contribution < 1.29 is 9.15 Å². The third kappa shape index (κ3) is 3.64. The van der Waals surface area contributed by atoms with Crippen LogP contribution in [0.15, 0.2) is 22.8 Å². The van der Waals surface area contributed by atoms with Gasteiger partial charge in [-0.1, -0.05) is 27.7 Å². The Hall–Kier alpha value is -0.800. The van der Waals surface area contributed by atoms with Crippen LogP contribution in [-0.4, -0.2) is 24.8 Å². The Morgan fingerprint density at radius 2 is 2.15 bits per heavy atom. The molecule has 2 rings (SSSR count). The van der Waals surface area contributed by atoms with Crippen molar-refractivity contribution in [1.82, 2.24) is 5.32 Å². The molecule has 1 fully saturated rings. The highest BCUT2D eigenvalue weighted by Crippen LogP contribution is 2.43. The van der Waals surface area contributed by atoms with Crippen molar-refractivity contribution in [2.45, 2.75) is 65.6 Å². The zero-order valence-corrected chi connectivity index (χ0v) is 13.5. The molecule has 1 saturated carbocycles. The van der Waals surface area contributed by atoms with Gasteiger partial charge < -0.3 is 14.5 Å². The maximum atomic E-state index is 6.01. The van der Waals surface area contributed by atoms with Gasteiger partial charge in [0.25, 0.3) is 0 Å². The van der Waals surface area contributed by atoms with Crippen molar-refractivity contribution in [3.8, 4) is 0 Å². The predicted molar refractivity (Wildman–Crippen MR) is 81.8 cm³/mol. The molecule has 0 aromatic carbocycles. The van der Waals surface area contributed by atoms with Gasteiger partial charge in [0.15, 0.2) is 0 Å². The molecular formula is C17H29NO2. The van der Waals surface area contributed by atoms with E-state index in [0.717, 1.165) is 25.2 Å². The monoisotopic (exact) mass is 279 g/mol. The molecule has 1 N–H and O–H groups in total. The zero-order valence-electron chi connectivity index (χ0n) is 13.5. The first-order valence-electron chi connectivity index (χ1n) is 7.79. The van der Waals surface area contributed by atoms with E-state index in [9.17, 15) is 0 Å². The second kappa shape index (κ2) is 6.31. The second-order valence-corrected chi connectivity index (χ2v) is 7.18. The fourth-order valence-corrected chi connectivity index (χ4v) is 2.89. The summed E-state index contributed by atoms with van der Waals surface area (Å²) >= 11 is 0. The van der Waals surface area contributed by atoms with E-state index in [1.165, 1.54) is 0 Å². The van der Waals surface area contributed by atoms with Crippen molar-refractivity contribution in [3.05, 3.63) is 24.2 Å². The summed E-state index contributed by atoms with van der Waals surface area (Å²) in [7, 11) is 0. The molecule has 3 heteroatoms. The molecular weight excluding hydrogens is 250 g/mol. The minimum absolute atomic E-state index is 0.215. The Bertz CT molecular complexity index is 397. The molecule has 0 radical (unpaired) electrons. The number of ether oxygens (including phenoxy) is 1. The quantitative estimate of drug-likeness (QED) is 0.827. The number of furan rings is 1. The van der Waals surface area contributed by atoms with Gasteiger partial charge in [-0.3, -0.25) is 0 Å². The van der Waals surface area contributed by atoms with E-state index in [4.69, 9.17) is 9.15 Å². The standard InChI is InChI=1S/C17H29NO2/c1-12(2)11-20-16-10-15(17(16,4)5)18-13(3)9-14-7-6-8-19-14/h6-8,12-13,15-16,18H,9-11H2,1-5H3. The number of hydrogen-bond acceptors (Lipinski definition) is 3. The Morgan fingerprint density at radius 3 is 2.70 bits per heavy atom. The molecule has 1 aliphatic rings. The van der Waals surface area contributed by atoms with Gasteiger partial charge in [0.2, 0.25) is 0 Å². The number of hydrogen-bond donors (Lipinski definition) is 1. The fraction of sp³-hybridized carbons (Fsp3) is 0.765. The van der Waals surface area contributed by atoms with Crippen LogP contribution in [0.4, 0.5) is 0 Å². The van der Waals surface area contributed by atoms with Crippen molar-refractivity contribution in [1.29, 1.82) is 0 Å². The third-order valence-corrected chi connectivity index (χ3v) is 4.38. The molecule has 0 spiro atoms. The van der Waals surface area contributed by atoms with Crippen LogP contribution in [0.2, 0.25) is 0 Å². The van der Waals surface area contributed by atoms with Gasteiger partial charge >= 0.3 is 0 Å². The molecule has 3 unspecified atom stereocenters. The molecule has 0 aliphatic heterocycles. The van der Waals surface area contributed by atoms with E-state index < -0.39 is 0 Å². The van der Waals surface area contributed by atoms with Gasteiger partial charge in [-0.05, 0) is 31.4 Å². The van der Waals surface area contributed by atoms with Crippen LogP contribution in [0.3, 0.4) is 0 Å². The summed E-state index contributed by atoms with van der Waals surface area (Å²) in [6.45, 7) is 12.1.